The predicted molar refractivity (Wildman–Crippen MR) is 117 cm³/mol. The molecule has 26 heavy (non-hydrogen) atoms. The largest absolute Gasteiger partial charge is 0.376 e. The lowest BCUT2D eigenvalue weighted by Crippen LogP contribution is -2.39. The van der Waals surface area contributed by atoms with Crippen molar-refractivity contribution < 1.29 is 9.26 Å². The lowest BCUT2D eigenvalue weighted by atomic mass is 10.1. The summed E-state index contributed by atoms with van der Waals surface area (Å²) in [4.78, 5) is 4.27. The Hall–Kier alpha value is -0.830. The van der Waals surface area contributed by atoms with E-state index >= 15 is 0 Å². The molecule has 1 heterocycles. The summed E-state index contributed by atoms with van der Waals surface area (Å²) >= 11 is 0. The fraction of sp³-hybridized carbons (Fsp3) is 0.789. The molecule has 0 aliphatic heterocycles. The van der Waals surface area contributed by atoms with Gasteiger partial charge in [0, 0.05) is 25.7 Å². The number of rotatable bonds is 8. The van der Waals surface area contributed by atoms with Gasteiger partial charge in [-0.1, -0.05) is 30.8 Å². The van der Waals surface area contributed by atoms with Gasteiger partial charge in [-0.05, 0) is 39.5 Å². The number of guanidine groups is 1. The summed E-state index contributed by atoms with van der Waals surface area (Å²) < 4.78 is 11.2. The maximum atomic E-state index is 6.00. The number of aromatic nitrogens is 1. The van der Waals surface area contributed by atoms with Gasteiger partial charge in [0.25, 0.3) is 0 Å². The van der Waals surface area contributed by atoms with Crippen molar-refractivity contribution >= 4 is 29.9 Å². The zero-order chi connectivity index (χ0) is 17.9. The standard InChI is InChI=1S/C19H34N4O2.HI/c1-15-18(16(2)25-23-15)11-8-12-21-19(20-3)22-13-14-24-17-9-6-4-5-7-10-17;/h17H,4-14H2,1-3H3,(H2,20,21,22);1H. The van der Waals surface area contributed by atoms with Crippen LogP contribution in [-0.2, 0) is 11.2 Å². The molecule has 0 bridgehead atoms. The van der Waals surface area contributed by atoms with Crippen LogP contribution in [0, 0.1) is 13.8 Å². The van der Waals surface area contributed by atoms with E-state index < -0.39 is 0 Å². The minimum atomic E-state index is 0. The Labute approximate surface area is 174 Å². The number of aryl methyl sites for hydroxylation is 2. The van der Waals surface area contributed by atoms with Crippen LogP contribution in [0.4, 0.5) is 0 Å². The smallest absolute Gasteiger partial charge is 0.191 e. The van der Waals surface area contributed by atoms with Crippen molar-refractivity contribution in [1.82, 2.24) is 15.8 Å². The van der Waals surface area contributed by atoms with Gasteiger partial charge in [0.15, 0.2) is 5.96 Å². The van der Waals surface area contributed by atoms with Gasteiger partial charge >= 0.3 is 0 Å². The third-order valence-corrected chi connectivity index (χ3v) is 4.85. The Bertz CT molecular complexity index is 506. The van der Waals surface area contributed by atoms with Crippen LogP contribution in [0.15, 0.2) is 9.52 Å². The average molecular weight is 478 g/mol. The summed E-state index contributed by atoms with van der Waals surface area (Å²) in [5.74, 6) is 1.76. The maximum Gasteiger partial charge on any atom is 0.191 e. The van der Waals surface area contributed by atoms with E-state index in [9.17, 15) is 0 Å². The third-order valence-electron chi connectivity index (χ3n) is 4.85. The molecule has 1 saturated carbocycles. The van der Waals surface area contributed by atoms with E-state index in [-0.39, 0.29) is 24.0 Å². The van der Waals surface area contributed by atoms with Gasteiger partial charge in [0.1, 0.15) is 5.76 Å². The molecule has 1 aliphatic rings. The fourth-order valence-corrected chi connectivity index (χ4v) is 3.35. The highest BCUT2D eigenvalue weighted by atomic mass is 127. The Kier molecular flexibility index (Phi) is 11.9. The van der Waals surface area contributed by atoms with E-state index in [4.69, 9.17) is 9.26 Å². The Balaban J connectivity index is 0.00000338. The molecule has 2 rings (SSSR count). The van der Waals surface area contributed by atoms with Crippen LogP contribution in [-0.4, -0.2) is 44.0 Å². The Morgan fingerprint density at radius 1 is 1.15 bits per heavy atom. The molecule has 7 heteroatoms. The summed E-state index contributed by atoms with van der Waals surface area (Å²) in [6, 6.07) is 0. The summed E-state index contributed by atoms with van der Waals surface area (Å²) in [7, 11) is 1.80. The fourth-order valence-electron chi connectivity index (χ4n) is 3.35. The molecule has 0 saturated heterocycles. The Morgan fingerprint density at radius 2 is 1.85 bits per heavy atom. The lowest BCUT2D eigenvalue weighted by molar-refractivity contribution is 0.0468. The molecule has 0 aromatic carbocycles. The zero-order valence-corrected chi connectivity index (χ0v) is 18.8. The monoisotopic (exact) mass is 478 g/mol. The first-order valence-electron chi connectivity index (χ1n) is 9.68. The molecule has 0 atom stereocenters. The zero-order valence-electron chi connectivity index (χ0n) is 16.5. The van der Waals surface area contributed by atoms with Crippen LogP contribution in [0.5, 0.6) is 0 Å². The van der Waals surface area contributed by atoms with Gasteiger partial charge < -0.3 is 19.9 Å². The van der Waals surface area contributed by atoms with Crippen molar-refractivity contribution in [2.24, 2.45) is 4.99 Å². The highest BCUT2D eigenvalue weighted by molar-refractivity contribution is 14.0. The summed E-state index contributed by atoms with van der Waals surface area (Å²) in [5.41, 5.74) is 2.22. The van der Waals surface area contributed by atoms with Crippen LogP contribution in [0.25, 0.3) is 0 Å². The Morgan fingerprint density at radius 3 is 2.46 bits per heavy atom. The average Bonchev–Trinajstić information content (AvgIpc) is 2.82. The number of aliphatic imine (C=N–C) groups is 1. The molecule has 150 valence electrons. The lowest BCUT2D eigenvalue weighted by Gasteiger charge is -2.16. The van der Waals surface area contributed by atoms with E-state index in [2.05, 4.69) is 20.8 Å². The normalized spacial score (nSPS) is 16.0. The third kappa shape index (κ3) is 8.24. The first kappa shape index (κ1) is 23.2. The predicted octanol–water partition coefficient (Wildman–Crippen LogP) is 3.75. The summed E-state index contributed by atoms with van der Waals surface area (Å²) in [5, 5.41) is 10.7. The van der Waals surface area contributed by atoms with Crippen molar-refractivity contribution in [2.45, 2.75) is 71.3 Å². The van der Waals surface area contributed by atoms with Gasteiger partial charge in [0.05, 0.1) is 18.4 Å². The molecule has 0 radical (unpaired) electrons. The molecule has 1 aromatic rings. The van der Waals surface area contributed by atoms with Gasteiger partial charge in [-0.3, -0.25) is 4.99 Å². The molecule has 6 nitrogen and oxygen atoms in total. The second kappa shape index (κ2) is 13.4. The molecule has 0 unspecified atom stereocenters. The van der Waals surface area contributed by atoms with Crippen molar-refractivity contribution in [3.63, 3.8) is 0 Å². The van der Waals surface area contributed by atoms with E-state index in [0.29, 0.717) is 6.10 Å². The molecule has 1 fully saturated rings. The van der Waals surface area contributed by atoms with E-state index in [1.807, 2.05) is 13.8 Å². The molecular formula is C19H35IN4O2. The quantitative estimate of drug-likeness (QED) is 0.196. The van der Waals surface area contributed by atoms with Gasteiger partial charge in [-0.25, -0.2) is 0 Å². The molecular weight excluding hydrogens is 443 g/mol. The van der Waals surface area contributed by atoms with Gasteiger partial charge in [-0.2, -0.15) is 0 Å². The van der Waals surface area contributed by atoms with E-state index in [0.717, 1.165) is 50.0 Å². The van der Waals surface area contributed by atoms with Crippen LogP contribution in [0.1, 0.15) is 62.0 Å². The van der Waals surface area contributed by atoms with Crippen LogP contribution in [0.3, 0.4) is 0 Å². The van der Waals surface area contributed by atoms with Crippen molar-refractivity contribution in [1.29, 1.82) is 0 Å². The number of nitrogens with zero attached hydrogens (tertiary/aromatic N) is 2. The van der Waals surface area contributed by atoms with Crippen molar-refractivity contribution in [2.75, 3.05) is 26.7 Å². The molecule has 0 amide bonds. The number of nitrogens with one attached hydrogen (secondary N) is 2. The number of hydrogen-bond acceptors (Lipinski definition) is 4. The minimum Gasteiger partial charge on any atom is -0.376 e. The van der Waals surface area contributed by atoms with E-state index in [1.165, 1.54) is 44.1 Å². The summed E-state index contributed by atoms with van der Waals surface area (Å²) in [6.07, 6.45) is 10.2. The first-order chi connectivity index (χ1) is 12.2. The van der Waals surface area contributed by atoms with Crippen molar-refractivity contribution in [3.8, 4) is 0 Å². The highest BCUT2D eigenvalue weighted by Crippen LogP contribution is 2.19. The molecule has 2 N–H and O–H groups in total. The second-order valence-electron chi connectivity index (χ2n) is 6.82. The first-order valence-corrected chi connectivity index (χ1v) is 9.68. The molecule has 1 aliphatic carbocycles. The number of hydrogen-bond donors (Lipinski definition) is 2. The van der Waals surface area contributed by atoms with E-state index in [1.54, 1.807) is 7.05 Å². The number of halogens is 1. The van der Waals surface area contributed by atoms with Gasteiger partial charge in [-0.15, -0.1) is 24.0 Å². The van der Waals surface area contributed by atoms with Crippen molar-refractivity contribution in [3.05, 3.63) is 17.0 Å². The second-order valence-corrected chi connectivity index (χ2v) is 6.82. The number of ether oxygens (including phenoxy) is 1. The minimum absolute atomic E-state index is 0. The van der Waals surface area contributed by atoms with Crippen LogP contribution >= 0.6 is 24.0 Å². The molecule has 1 aromatic heterocycles. The maximum absolute atomic E-state index is 6.00. The summed E-state index contributed by atoms with van der Waals surface area (Å²) in [6.45, 7) is 6.36. The SMILES string of the molecule is CN=C(NCCCc1c(C)noc1C)NCCOC1CCCCCC1.I. The van der Waals surface area contributed by atoms with Crippen LogP contribution in [0.2, 0.25) is 0 Å². The highest BCUT2D eigenvalue weighted by Gasteiger charge is 2.12. The molecule has 0 spiro atoms. The van der Waals surface area contributed by atoms with Gasteiger partial charge in [0.2, 0.25) is 0 Å². The van der Waals surface area contributed by atoms with Crippen LogP contribution < -0.4 is 10.6 Å². The topological polar surface area (TPSA) is 71.7 Å².